The number of carbonyl (C=O) groups is 7. The van der Waals surface area contributed by atoms with E-state index >= 15 is 0 Å². The normalized spacial score (nSPS) is 19.2. The van der Waals surface area contributed by atoms with Gasteiger partial charge < -0.3 is 23.5 Å². The fourth-order valence-electron chi connectivity index (χ4n) is 9.40. The van der Waals surface area contributed by atoms with E-state index < -0.39 is 29.9 Å². The van der Waals surface area contributed by atoms with Gasteiger partial charge in [-0.1, -0.05) is 92.8 Å². The molecule has 8 aliphatic rings. The molecule has 3 amide bonds. The molecule has 3 aliphatic carbocycles. The van der Waals surface area contributed by atoms with Crippen molar-refractivity contribution in [2.45, 2.75) is 109 Å². The minimum Gasteiger partial charge on any atom is -0.436 e. The number of halogens is 9. The quantitative estimate of drug-likeness (QED) is 0.0877. The molecule has 3 saturated carbocycles. The van der Waals surface area contributed by atoms with Gasteiger partial charge in [-0.3, -0.25) is 33.6 Å². The Morgan fingerprint density at radius 2 is 0.862 bits per heavy atom. The molecule has 2 aromatic heterocycles. The number of amides is 3. The van der Waals surface area contributed by atoms with Gasteiger partial charge in [0.15, 0.2) is 55.3 Å². The highest BCUT2D eigenvalue weighted by atomic mass is 79.9. The molecule has 490 valence electrons. The summed E-state index contributed by atoms with van der Waals surface area (Å²) in [5.74, 6) is 0.449. The first-order valence-corrected chi connectivity index (χ1v) is 32.7. The molecule has 5 aliphatic heterocycles. The topological polar surface area (TPSA) is 276 Å². The van der Waals surface area contributed by atoms with Crippen molar-refractivity contribution < 1.29 is 57.1 Å². The van der Waals surface area contributed by atoms with Crippen LogP contribution in [0.4, 0.5) is 0 Å². The molecule has 1 saturated heterocycles. The SMILES string of the molecule is CC1(C)OB(c2cc(Cl)c(Oc3cc(C4CC4)c(Cl)nn3)c(Cl)c2)OC1(C)C.CN1N=C(Br)C(=O)CC1=O.CN1N=C(c2cc(Cl)c(OC3=NCC(=O)C(C4CC4)=C3)c(Cl)c2)C(=O)CC1=O.CN1N=C(c2cc(Cl)c(Oc3cc(C4CC4)c(Cl)nn3)c(Cl)c2)C(=O)CC1=O. The van der Waals surface area contributed by atoms with Gasteiger partial charge in [0.05, 0.1) is 60.6 Å². The number of hydrogen-bond acceptors (Lipinski definition) is 20. The molecule has 0 atom stereocenters. The van der Waals surface area contributed by atoms with Gasteiger partial charge in [0.25, 0.3) is 0 Å². The van der Waals surface area contributed by atoms with Gasteiger partial charge in [-0.2, -0.15) is 15.3 Å². The number of ether oxygens (including phenoxy) is 3. The van der Waals surface area contributed by atoms with Crippen LogP contribution in [0, 0.1) is 5.92 Å². The molecule has 0 radical (unpaired) electrons. The van der Waals surface area contributed by atoms with Gasteiger partial charge in [-0.05, 0) is 153 Å². The highest BCUT2D eigenvalue weighted by Crippen LogP contribution is 2.47. The summed E-state index contributed by atoms with van der Waals surface area (Å²) < 4.78 is 29.7. The number of aromatic nitrogens is 4. The Balaban J connectivity index is 0.000000143. The maximum absolute atomic E-state index is 12.2. The predicted octanol–water partition coefficient (Wildman–Crippen LogP) is 12.6. The molecule has 4 fully saturated rings. The lowest BCUT2D eigenvalue weighted by atomic mass is 9.79. The van der Waals surface area contributed by atoms with Crippen LogP contribution in [0.25, 0.3) is 0 Å². The Bertz CT molecular complexity index is 4110. The number of benzene rings is 3. The van der Waals surface area contributed by atoms with Crippen LogP contribution in [0.15, 0.2) is 80.5 Å². The van der Waals surface area contributed by atoms with Crippen molar-refractivity contribution in [1.29, 1.82) is 0 Å². The van der Waals surface area contributed by atoms with Crippen LogP contribution in [0.3, 0.4) is 0 Å². The second-order valence-electron chi connectivity index (χ2n) is 23.4. The molecule has 3 aromatic carbocycles. The van der Waals surface area contributed by atoms with E-state index in [2.05, 4.69) is 56.6 Å². The third kappa shape index (κ3) is 16.5. The minimum atomic E-state index is -0.564. The molecule has 94 heavy (non-hydrogen) atoms. The number of carbonyl (C=O) groups excluding carboxylic acids is 7. The van der Waals surface area contributed by atoms with E-state index in [0.717, 1.165) is 75.7 Å². The molecule has 0 unspecified atom stereocenters. The fraction of sp³-hybridized carbons (Fsp3) is 0.361. The Kier molecular flexibility index (Phi) is 21.5. The van der Waals surface area contributed by atoms with Crippen molar-refractivity contribution in [3.05, 3.63) is 123 Å². The number of hydrazone groups is 3. The van der Waals surface area contributed by atoms with Gasteiger partial charge in [0, 0.05) is 56.1 Å². The van der Waals surface area contributed by atoms with Crippen LogP contribution in [-0.4, -0.2) is 144 Å². The molecule has 0 N–H and O–H groups in total. The second kappa shape index (κ2) is 28.7. The Labute approximate surface area is 586 Å². The van der Waals surface area contributed by atoms with Gasteiger partial charge in [0.2, 0.25) is 35.4 Å². The van der Waals surface area contributed by atoms with Crippen LogP contribution < -0.4 is 19.7 Å². The zero-order chi connectivity index (χ0) is 68.0. The van der Waals surface area contributed by atoms with Crippen LogP contribution in [0.5, 0.6) is 29.0 Å². The third-order valence-electron chi connectivity index (χ3n) is 15.8. The van der Waals surface area contributed by atoms with Crippen LogP contribution >= 0.6 is 109 Å². The zero-order valence-electron chi connectivity index (χ0n) is 50.8. The summed E-state index contributed by atoms with van der Waals surface area (Å²) >= 11 is 53.4. The molecular formula is C61H53BBrCl8N11O12. The lowest BCUT2D eigenvalue weighted by Crippen LogP contribution is -2.41. The standard InChI is InChI=1S/C19H20BCl3N2O3.C19H15Cl2N3O4.C18H13Cl3N4O3.C5H5BrN2O2/c1-18(2)19(3,4)28-20(27-18)11-7-13(21)16(14(22)8-11)26-15-9-12(10-5-6-10)17(23)25-24-15;1-24-17(27)7-14(25)18(23-24)10-4-12(20)19(13(21)5-10)28-16-6-11(9-2-3-9)15(26)8-22-16;1-25-15(27)7-13(26)16(24-25)9-4-11(19)17(12(20)5-9)28-14-6-10(8-2-3-8)18(21)23-22-14;1-8-4(10)2-3(9)5(6)7-8/h7-10H,5-6H2,1-4H3;4-6,9H,2-3,7-8H2,1H3;4-6,8H,2-3,7H2,1H3;2H2,1H3. The molecular weight excluding hydrogens is 1450 g/mol. The number of Topliss-reactive ketones (excluding diaryl/α,β-unsaturated/α-hetero) is 4. The molecule has 5 aromatic rings. The number of rotatable bonds is 11. The summed E-state index contributed by atoms with van der Waals surface area (Å²) in [5.41, 5.74) is 3.36. The van der Waals surface area contributed by atoms with E-state index in [1.54, 1.807) is 30.3 Å². The zero-order valence-corrected chi connectivity index (χ0v) is 58.4. The van der Waals surface area contributed by atoms with Crippen molar-refractivity contribution in [2.24, 2.45) is 26.2 Å². The summed E-state index contributed by atoms with van der Waals surface area (Å²) in [6.45, 7) is 8.00. The van der Waals surface area contributed by atoms with Gasteiger partial charge >= 0.3 is 7.12 Å². The van der Waals surface area contributed by atoms with Crippen LogP contribution in [0.2, 0.25) is 40.4 Å². The molecule has 33 heteroatoms. The summed E-state index contributed by atoms with van der Waals surface area (Å²) in [5, 5.41) is 32.9. The first-order valence-electron chi connectivity index (χ1n) is 28.9. The van der Waals surface area contributed by atoms with Crippen molar-refractivity contribution in [3.8, 4) is 29.0 Å². The van der Waals surface area contributed by atoms with Gasteiger partial charge in [-0.25, -0.2) is 20.0 Å². The van der Waals surface area contributed by atoms with E-state index in [-0.39, 0.29) is 120 Å². The van der Waals surface area contributed by atoms with Crippen molar-refractivity contribution in [2.75, 3.05) is 27.7 Å². The summed E-state index contributed by atoms with van der Waals surface area (Å²) in [4.78, 5) is 85.0. The van der Waals surface area contributed by atoms with Gasteiger partial charge in [-0.15, -0.1) is 20.4 Å². The second-order valence-corrected chi connectivity index (χ2v) is 27.4. The summed E-state index contributed by atoms with van der Waals surface area (Å²) in [6, 6.07) is 13.0. The highest BCUT2D eigenvalue weighted by molar-refractivity contribution is 9.19. The summed E-state index contributed by atoms with van der Waals surface area (Å²) in [7, 11) is 3.90. The fourth-order valence-corrected chi connectivity index (χ4v) is 12.0. The number of aliphatic imine (C=N–C) groups is 1. The Morgan fingerprint density at radius 3 is 1.26 bits per heavy atom. The Morgan fingerprint density at radius 1 is 0.489 bits per heavy atom. The average molecular weight is 1510 g/mol. The molecule has 7 heterocycles. The molecule has 0 spiro atoms. The Hall–Kier alpha value is -6.49. The van der Waals surface area contributed by atoms with E-state index in [9.17, 15) is 33.6 Å². The largest absolute Gasteiger partial charge is 0.494 e. The van der Waals surface area contributed by atoms with E-state index in [1.807, 2.05) is 27.7 Å². The molecule has 23 nitrogen and oxygen atoms in total. The van der Waals surface area contributed by atoms with Crippen LogP contribution in [0.1, 0.15) is 120 Å². The number of hydrogen-bond donors (Lipinski definition) is 0. The lowest BCUT2D eigenvalue weighted by molar-refractivity contribution is -0.135. The van der Waals surface area contributed by atoms with E-state index in [1.165, 1.54) is 45.4 Å². The number of dihydropyridines is 1. The number of ketones is 4. The van der Waals surface area contributed by atoms with E-state index in [4.69, 9.17) is 116 Å². The van der Waals surface area contributed by atoms with E-state index in [0.29, 0.717) is 54.9 Å². The molecule has 13 rings (SSSR count). The number of nitrogens with zero attached hydrogens (tertiary/aromatic N) is 11. The highest BCUT2D eigenvalue weighted by Gasteiger charge is 2.52. The van der Waals surface area contributed by atoms with Crippen LogP contribution in [-0.2, 0) is 42.9 Å². The predicted molar refractivity (Wildman–Crippen MR) is 359 cm³/mol. The van der Waals surface area contributed by atoms with Crippen molar-refractivity contribution >= 4 is 184 Å². The van der Waals surface area contributed by atoms with Crippen molar-refractivity contribution in [1.82, 2.24) is 35.4 Å². The minimum absolute atomic E-state index is 0.00915. The first kappa shape index (κ1) is 70.3. The monoisotopic (exact) mass is 1500 g/mol. The average Bonchev–Trinajstić information content (AvgIpc) is 1.53. The van der Waals surface area contributed by atoms with Gasteiger partial charge in [0.1, 0.15) is 18.0 Å². The lowest BCUT2D eigenvalue weighted by Gasteiger charge is -2.32. The first-order chi connectivity index (χ1) is 44.3. The third-order valence-corrected chi connectivity index (χ3v) is 18.6. The maximum Gasteiger partial charge on any atom is 0.494 e. The smallest absolute Gasteiger partial charge is 0.436 e. The molecule has 0 bridgehead atoms. The van der Waals surface area contributed by atoms with Crippen molar-refractivity contribution in [3.63, 3.8) is 0 Å². The maximum atomic E-state index is 12.2. The summed E-state index contributed by atoms with van der Waals surface area (Å²) in [6.07, 6.45) is 7.31.